The highest BCUT2D eigenvalue weighted by molar-refractivity contribution is 14.1. The first-order valence-electron chi connectivity index (χ1n) is 14.0. The molecule has 0 aliphatic heterocycles. The lowest BCUT2D eigenvalue weighted by molar-refractivity contribution is -0.142. The average molecular weight is 669 g/mol. The van der Waals surface area contributed by atoms with Gasteiger partial charge in [-0.2, -0.15) is 0 Å². The highest BCUT2D eigenvalue weighted by atomic mass is 127. The Bertz CT molecular complexity index is 1150. The van der Waals surface area contributed by atoms with Crippen LogP contribution in [0, 0.1) is 24.2 Å². The van der Waals surface area contributed by atoms with E-state index in [0.29, 0.717) is 0 Å². The fourth-order valence-electron chi connectivity index (χ4n) is 5.00. The molecule has 2 aromatic rings. The Balaban J connectivity index is 2.37. The topological polar surface area (TPSA) is 35.5 Å². The van der Waals surface area contributed by atoms with Gasteiger partial charge in [0.2, 0.25) is 0 Å². The van der Waals surface area contributed by atoms with Gasteiger partial charge in [-0.3, -0.25) is 0 Å². The molecule has 3 nitrogen and oxygen atoms in total. The van der Waals surface area contributed by atoms with Crippen molar-refractivity contribution < 1.29 is 14.0 Å². The second-order valence-corrected chi connectivity index (χ2v) is 16.4. The van der Waals surface area contributed by atoms with Gasteiger partial charge in [0.15, 0.2) is 0 Å². The van der Waals surface area contributed by atoms with E-state index in [2.05, 4.69) is 136 Å². The van der Waals surface area contributed by atoms with Crippen molar-refractivity contribution >= 4 is 47.3 Å². The molecule has 0 saturated carbocycles. The number of hydrogen-bond donors (Lipinski definition) is 0. The number of hydrogen-bond acceptors (Lipinski definition) is 3. The number of esters is 1. The normalized spacial score (nSPS) is 15.9. The monoisotopic (exact) mass is 668 g/mol. The van der Waals surface area contributed by atoms with Crippen molar-refractivity contribution in [3.63, 3.8) is 0 Å². The Morgan fingerprint density at radius 2 is 1.50 bits per heavy atom. The van der Waals surface area contributed by atoms with Crippen LogP contribution in [0.2, 0.25) is 5.04 Å². The van der Waals surface area contributed by atoms with Gasteiger partial charge in [0, 0.05) is 12.2 Å². The highest BCUT2D eigenvalue weighted by Gasteiger charge is 2.51. The third-order valence-corrected chi connectivity index (χ3v) is 12.9. The summed E-state index contributed by atoms with van der Waals surface area (Å²) in [5, 5.41) is 2.39. The number of unbranched alkanes of at least 4 members (excludes halogenated alkanes) is 1. The van der Waals surface area contributed by atoms with Gasteiger partial charge in [-0.1, -0.05) is 135 Å². The Kier molecular flexibility index (Phi) is 13.6. The van der Waals surface area contributed by atoms with Crippen molar-refractivity contribution in [2.45, 2.75) is 78.6 Å². The van der Waals surface area contributed by atoms with Crippen LogP contribution < -0.4 is 10.4 Å². The van der Waals surface area contributed by atoms with Crippen molar-refractivity contribution in [2.75, 3.05) is 0 Å². The highest BCUT2D eigenvalue weighted by Crippen LogP contribution is 2.38. The second kappa shape index (κ2) is 16.1. The molecule has 0 spiro atoms. The maximum atomic E-state index is 12.6. The van der Waals surface area contributed by atoms with E-state index in [4.69, 9.17) is 15.6 Å². The lowest BCUT2D eigenvalue weighted by atomic mass is 9.94. The van der Waals surface area contributed by atoms with Gasteiger partial charge < -0.3 is 9.16 Å². The largest absolute Gasteiger partial charge is 0.453 e. The van der Waals surface area contributed by atoms with E-state index in [1.165, 1.54) is 16.4 Å². The molecule has 0 aliphatic rings. The smallest absolute Gasteiger partial charge is 0.331 e. The van der Waals surface area contributed by atoms with Crippen molar-refractivity contribution in [3.8, 4) is 12.3 Å². The molecule has 0 bridgehead atoms. The minimum Gasteiger partial charge on any atom is -0.453 e. The summed E-state index contributed by atoms with van der Waals surface area (Å²) in [4.78, 5) is 12.6. The zero-order valence-electron chi connectivity index (χ0n) is 25.1. The minimum absolute atomic E-state index is 0.0587. The average Bonchev–Trinajstić information content (AvgIpc) is 2.94. The minimum atomic E-state index is -2.69. The number of rotatable bonds is 13. The van der Waals surface area contributed by atoms with Gasteiger partial charge in [0.05, 0.1) is 5.92 Å². The molecule has 4 atom stereocenters. The predicted octanol–water partition coefficient (Wildman–Crippen LogP) is 8.00. The molecule has 0 amide bonds. The molecule has 0 saturated heterocycles. The van der Waals surface area contributed by atoms with Crippen molar-refractivity contribution in [1.82, 2.24) is 0 Å². The van der Waals surface area contributed by atoms with E-state index in [1.807, 2.05) is 24.0 Å². The van der Waals surface area contributed by atoms with Crippen LogP contribution in [0.3, 0.4) is 0 Å². The lowest BCUT2D eigenvalue weighted by Crippen LogP contribution is -2.67. The summed E-state index contributed by atoms with van der Waals surface area (Å²) >= 11 is 2.19. The van der Waals surface area contributed by atoms with Crippen molar-refractivity contribution in [2.24, 2.45) is 11.8 Å². The SMILES string of the molecule is C#C[C@H](C)[C@@H](OC(=O)/C=C/CC/C=C/I)/C(C)=C/[C@H](C)[C@@H](C)O[Si](c1ccccc1)(c1ccccc1)C(C)(C)C. The van der Waals surface area contributed by atoms with E-state index in [-0.39, 0.29) is 28.9 Å². The zero-order chi connectivity index (χ0) is 29.8. The fourth-order valence-corrected chi connectivity index (χ4v) is 10.1. The first-order chi connectivity index (χ1) is 19.0. The van der Waals surface area contributed by atoms with Crippen LogP contribution in [0.4, 0.5) is 0 Å². The van der Waals surface area contributed by atoms with Crippen LogP contribution >= 0.6 is 22.6 Å². The molecule has 0 N–H and O–H groups in total. The van der Waals surface area contributed by atoms with Crippen LogP contribution in [-0.2, 0) is 14.0 Å². The predicted molar refractivity (Wildman–Crippen MR) is 180 cm³/mol. The molecular formula is C35H45IO3Si. The maximum absolute atomic E-state index is 12.6. The fraction of sp³-hybridized carbons (Fsp3) is 0.400. The molecule has 2 aromatic carbocycles. The van der Waals surface area contributed by atoms with E-state index in [1.54, 1.807) is 0 Å². The molecule has 2 rings (SSSR count). The van der Waals surface area contributed by atoms with E-state index in [0.717, 1.165) is 18.4 Å². The molecule has 0 unspecified atom stereocenters. The molecule has 0 fully saturated rings. The molecule has 0 aliphatic carbocycles. The third kappa shape index (κ3) is 9.05. The van der Waals surface area contributed by atoms with Gasteiger partial charge in [0.25, 0.3) is 8.32 Å². The summed E-state index contributed by atoms with van der Waals surface area (Å²) in [5.41, 5.74) is 0.936. The zero-order valence-corrected chi connectivity index (χ0v) is 28.2. The Morgan fingerprint density at radius 3 is 1.98 bits per heavy atom. The number of halogens is 1. The first kappa shape index (κ1) is 33.8. The van der Waals surface area contributed by atoms with Crippen LogP contribution in [0.25, 0.3) is 0 Å². The maximum Gasteiger partial charge on any atom is 0.331 e. The van der Waals surface area contributed by atoms with E-state index >= 15 is 0 Å². The molecular weight excluding hydrogens is 623 g/mol. The van der Waals surface area contributed by atoms with Gasteiger partial charge in [-0.05, 0) is 64.6 Å². The number of carbonyl (C=O) groups is 1. The van der Waals surface area contributed by atoms with Gasteiger partial charge >= 0.3 is 5.97 Å². The van der Waals surface area contributed by atoms with Gasteiger partial charge in [0.1, 0.15) is 6.10 Å². The van der Waals surface area contributed by atoms with Gasteiger partial charge in [-0.25, -0.2) is 4.79 Å². The van der Waals surface area contributed by atoms with E-state index in [9.17, 15) is 4.79 Å². The molecule has 40 heavy (non-hydrogen) atoms. The molecule has 0 radical (unpaired) electrons. The quantitative estimate of drug-likeness (QED) is 0.0413. The van der Waals surface area contributed by atoms with E-state index < -0.39 is 14.4 Å². The summed E-state index contributed by atoms with van der Waals surface area (Å²) in [6.45, 7) is 15.1. The van der Waals surface area contributed by atoms with Crippen molar-refractivity contribution in [1.29, 1.82) is 0 Å². The molecule has 214 valence electrons. The number of ether oxygens (including phenoxy) is 1. The molecule has 0 aromatic heterocycles. The summed E-state index contributed by atoms with van der Waals surface area (Å²) in [6, 6.07) is 21.3. The summed E-state index contributed by atoms with van der Waals surface area (Å²) in [5.74, 6) is 2.19. The van der Waals surface area contributed by atoms with Crippen LogP contribution in [0.5, 0.6) is 0 Å². The Morgan fingerprint density at radius 1 is 0.975 bits per heavy atom. The lowest BCUT2D eigenvalue weighted by Gasteiger charge is -2.45. The first-order valence-corrected chi connectivity index (χ1v) is 17.2. The number of benzene rings is 2. The van der Waals surface area contributed by atoms with Crippen molar-refractivity contribution in [3.05, 3.63) is 94.6 Å². The Labute approximate surface area is 257 Å². The summed E-state index contributed by atoms with van der Waals surface area (Å²) < 4.78 is 15.1. The van der Waals surface area contributed by atoms with Crippen LogP contribution in [0.15, 0.2) is 94.6 Å². The van der Waals surface area contributed by atoms with Gasteiger partial charge in [-0.15, -0.1) is 6.42 Å². The standard InChI is InChI=1S/C35H45IO3Si/c1-9-27(2)34(38-33(37)24-18-10-11-19-25-36)29(4)26-28(3)30(5)39-40(35(6,7)8,31-20-14-12-15-21-31)32-22-16-13-17-23-32/h1,12-28,30,34H,10-11H2,2-8H3/b24-18+,25-19+,29-26+/t27-,28-,30+,34+/m0/s1. The molecule has 0 heterocycles. The number of terminal acetylenes is 1. The van der Waals surface area contributed by atoms with Crippen LogP contribution in [0.1, 0.15) is 61.3 Å². The number of carbonyl (C=O) groups excluding carboxylic acids is 1. The van der Waals surface area contributed by atoms with Crippen LogP contribution in [-0.4, -0.2) is 26.5 Å². The third-order valence-electron chi connectivity index (χ3n) is 7.30. The Hall–Kier alpha value is -2.40. The second-order valence-electron chi connectivity index (χ2n) is 11.4. The number of allylic oxidation sites excluding steroid dienone is 2. The summed E-state index contributed by atoms with van der Waals surface area (Å²) in [6.07, 6.45) is 14.4. The summed E-state index contributed by atoms with van der Waals surface area (Å²) in [7, 11) is -2.69. The molecule has 5 heteroatoms.